The lowest BCUT2D eigenvalue weighted by Crippen LogP contribution is -2.39. The molecule has 1 N–H and O–H groups in total. The maximum absolute atomic E-state index is 12.7. The molecule has 0 spiro atoms. The van der Waals surface area contributed by atoms with E-state index in [0.29, 0.717) is 36.1 Å². The SMILES string of the molecule is CCn1c(=O)c2cc(NC(=O)CC(C)CCCc3ccc(Cl)cc3)ccc2n(CC)c1=O. The Kier molecular flexibility index (Phi) is 7.91. The minimum absolute atomic E-state index is 0.0806. The highest BCUT2D eigenvalue weighted by Gasteiger charge is 2.14. The number of amides is 1. The topological polar surface area (TPSA) is 73.1 Å². The van der Waals surface area contributed by atoms with Crippen LogP contribution in [-0.2, 0) is 24.3 Å². The number of carbonyl (C=O) groups is 1. The predicted octanol–water partition coefficient (Wildman–Crippen LogP) is 4.84. The number of fused-ring (bicyclic) bond motifs is 1. The largest absolute Gasteiger partial charge is 0.331 e. The molecule has 1 aromatic heterocycles. The van der Waals surface area contributed by atoms with Crippen molar-refractivity contribution in [1.29, 1.82) is 0 Å². The van der Waals surface area contributed by atoms with Gasteiger partial charge >= 0.3 is 5.69 Å². The van der Waals surface area contributed by atoms with Crippen LogP contribution in [0.4, 0.5) is 5.69 Å². The van der Waals surface area contributed by atoms with Gasteiger partial charge in [-0.1, -0.05) is 30.7 Å². The average molecular weight is 456 g/mol. The van der Waals surface area contributed by atoms with Crippen LogP contribution in [0, 0.1) is 5.92 Å². The highest BCUT2D eigenvalue weighted by atomic mass is 35.5. The fourth-order valence-corrected chi connectivity index (χ4v) is 4.15. The Balaban J connectivity index is 1.64. The minimum atomic E-state index is -0.330. The van der Waals surface area contributed by atoms with E-state index in [4.69, 9.17) is 11.6 Å². The molecule has 0 aliphatic rings. The number of hydrogen-bond donors (Lipinski definition) is 1. The third-order valence-electron chi connectivity index (χ3n) is 5.75. The molecule has 0 aliphatic heterocycles. The maximum atomic E-state index is 12.7. The molecule has 3 rings (SSSR count). The fourth-order valence-electron chi connectivity index (χ4n) is 4.02. The van der Waals surface area contributed by atoms with Gasteiger partial charge in [0, 0.05) is 30.2 Å². The molecule has 1 unspecified atom stereocenters. The average Bonchev–Trinajstić information content (AvgIpc) is 2.76. The van der Waals surface area contributed by atoms with Gasteiger partial charge in [-0.3, -0.25) is 18.7 Å². The van der Waals surface area contributed by atoms with Crippen LogP contribution in [0.3, 0.4) is 0 Å². The Labute approximate surface area is 192 Å². The van der Waals surface area contributed by atoms with Gasteiger partial charge in [-0.15, -0.1) is 0 Å². The lowest BCUT2D eigenvalue weighted by molar-refractivity contribution is -0.117. The summed E-state index contributed by atoms with van der Waals surface area (Å²) in [7, 11) is 0. The van der Waals surface area contributed by atoms with Crippen LogP contribution in [-0.4, -0.2) is 15.0 Å². The lowest BCUT2D eigenvalue weighted by Gasteiger charge is -2.14. The molecule has 1 atom stereocenters. The van der Waals surface area contributed by atoms with Crippen molar-refractivity contribution in [1.82, 2.24) is 9.13 Å². The van der Waals surface area contributed by atoms with Crippen LogP contribution in [0.25, 0.3) is 10.9 Å². The molecular weight excluding hydrogens is 426 g/mol. The van der Waals surface area contributed by atoms with Gasteiger partial charge in [0.25, 0.3) is 5.56 Å². The summed E-state index contributed by atoms with van der Waals surface area (Å²) in [5, 5.41) is 4.07. The molecular formula is C25H30ClN3O3. The Morgan fingerprint density at radius 1 is 1.03 bits per heavy atom. The van der Waals surface area contributed by atoms with Crippen LogP contribution in [0.15, 0.2) is 52.1 Å². The first-order valence-corrected chi connectivity index (χ1v) is 11.5. The van der Waals surface area contributed by atoms with Gasteiger partial charge in [0.2, 0.25) is 5.91 Å². The van der Waals surface area contributed by atoms with Crippen molar-refractivity contribution in [3.8, 4) is 0 Å². The fraction of sp³-hybridized carbons (Fsp3) is 0.400. The molecule has 170 valence electrons. The number of carbonyl (C=O) groups excluding carboxylic acids is 1. The summed E-state index contributed by atoms with van der Waals surface area (Å²) < 4.78 is 2.80. The normalized spacial score (nSPS) is 12.1. The molecule has 0 aliphatic carbocycles. The van der Waals surface area contributed by atoms with Gasteiger partial charge in [-0.2, -0.15) is 0 Å². The van der Waals surface area contributed by atoms with E-state index in [1.165, 1.54) is 10.1 Å². The van der Waals surface area contributed by atoms with Crippen LogP contribution in [0.2, 0.25) is 5.02 Å². The minimum Gasteiger partial charge on any atom is -0.326 e. The number of aromatic nitrogens is 2. The van der Waals surface area contributed by atoms with Gasteiger partial charge in [0.15, 0.2) is 0 Å². The number of anilines is 1. The summed E-state index contributed by atoms with van der Waals surface area (Å²) in [6.45, 7) is 6.48. The first-order valence-electron chi connectivity index (χ1n) is 11.2. The van der Waals surface area contributed by atoms with Crippen LogP contribution in [0.1, 0.15) is 45.6 Å². The van der Waals surface area contributed by atoms with Crippen molar-refractivity contribution in [3.05, 3.63) is 73.9 Å². The lowest BCUT2D eigenvalue weighted by atomic mass is 9.98. The first-order chi connectivity index (χ1) is 15.3. The van der Waals surface area contributed by atoms with E-state index in [9.17, 15) is 14.4 Å². The molecule has 0 fully saturated rings. The first kappa shape index (κ1) is 23.8. The van der Waals surface area contributed by atoms with Gasteiger partial charge in [-0.25, -0.2) is 4.79 Å². The van der Waals surface area contributed by atoms with Gasteiger partial charge in [0.1, 0.15) is 0 Å². The van der Waals surface area contributed by atoms with E-state index < -0.39 is 0 Å². The molecule has 0 saturated heterocycles. The highest BCUT2D eigenvalue weighted by molar-refractivity contribution is 6.30. The Morgan fingerprint density at radius 2 is 1.72 bits per heavy atom. The number of nitrogens with one attached hydrogen (secondary N) is 1. The number of rotatable bonds is 9. The summed E-state index contributed by atoms with van der Waals surface area (Å²) in [6, 6.07) is 13.0. The smallest absolute Gasteiger partial charge is 0.326 e. The Bertz CT molecular complexity index is 1210. The van der Waals surface area contributed by atoms with Crippen molar-refractivity contribution >= 4 is 34.1 Å². The van der Waals surface area contributed by atoms with Crippen molar-refractivity contribution in [2.75, 3.05) is 5.32 Å². The molecule has 7 heteroatoms. The van der Waals surface area contributed by atoms with Crippen LogP contribution >= 0.6 is 11.6 Å². The Morgan fingerprint density at radius 3 is 2.38 bits per heavy atom. The standard InChI is InChI=1S/C25H30ClN3O3/c1-4-28-22-14-13-20(16-21(22)24(31)29(5-2)25(28)32)27-23(30)15-17(3)7-6-8-18-9-11-19(26)12-10-18/h9-14,16-17H,4-8,15H2,1-3H3,(H,27,30). The highest BCUT2D eigenvalue weighted by Crippen LogP contribution is 2.19. The quantitative estimate of drug-likeness (QED) is 0.501. The summed E-state index contributed by atoms with van der Waals surface area (Å²) in [5.74, 6) is 0.160. The van der Waals surface area contributed by atoms with Gasteiger partial charge in [0.05, 0.1) is 10.9 Å². The van der Waals surface area contributed by atoms with E-state index in [1.54, 1.807) is 29.7 Å². The van der Waals surface area contributed by atoms with E-state index in [1.807, 2.05) is 31.2 Å². The molecule has 32 heavy (non-hydrogen) atoms. The molecule has 0 bridgehead atoms. The van der Waals surface area contributed by atoms with Crippen molar-refractivity contribution in [3.63, 3.8) is 0 Å². The number of hydrogen-bond acceptors (Lipinski definition) is 3. The number of nitrogens with zero attached hydrogens (tertiary/aromatic N) is 2. The predicted molar refractivity (Wildman–Crippen MR) is 131 cm³/mol. The summed E-state index contributed by atoms with van der Waals surface area (Å²) in [4.78, 5) is 37.8. The van der Waals surface area contributed by atoms with Crippen LogP contribution < -0.4 is 16.6 Å². The second kappa shape index (κ2) is 10.6. The van der Waals surface area contributed by atoms with Gasteiger partial charge < -0.3 is 5.32 Å². The van der Waals surface area contributed by atoms with Crippen molar-refractivity contribution < 1.29 is 4.79 Å². The molecule has 3 aromatic rings. The zero-order chi connectivity index (χ0) is 23.3. The number of halogens is 1. The number of benzene rings is 2. The molecule has 6 nitrogen and oxygen atoms in total. The van der Waals surface area contributed by atoms with Gasteiger partial charge in [-0.05, 0) is 74.9 Å². The second-order valence-corrected chi connectivity index (χ2v) is 8.62. The summed E-state index contributed by atoms with van der Waals surface area (Å²) in [6.07, 6.45) is 3.30. The summed E-state index contributed by atoms with van der Waals surface area (Å²) in [5.41, 5.74) is 1.75. The third kappa shape index (κ3) is 5.49. The molecule has 0 radical (unpaired) electrons. The van der Waals surface area contributed by atoms with E-state index in [2.05, 4.69) is 12.2 Å². The van der Waals surface area contributed by atoms with E-state index in [0.717, 1.165) is 24.3 Å². The third-order valence-corrected chi connectivity index (χ3v) is 6.00. The number of aryl methyl sites for hydroxylation is 2. The summed E-state index contributed by atoms with van der Waals surface area (Å²) >= 11 is 5.92. The zero-order valence-electron chi connectivity index (χ0n) is 18.9. The maximum Gasteiger partial charge on any atom is 0.331 e. The van der Waals surface area contributed by atoms with Crippen molar-refractivity contribution in [2.45, 2.75) is 59.5 Å². The van der Waals surface area contributed by atoms with E-state index in [-0.39, 0.29) is 23.1 Å². The zero-order valence-corrected chi connectivity index (χ0v) is 19.6. The molecule has 2 aromatic carbocycles. The van der Waals surface area contributed by atoms with E-state index >= 15 is 0 Å². The van der Waals surface area contributed by atoms with Crippen LogP contribution in [0.5, 0.6) is 0 Å². The van der Waals surface area contributed by atoms with Crippen molar-refractivity contribution in [2.24, 2.45) is 5.92 Å². The monoisotopic (exact) mass is 455 g/mol. The Hall–Kier alpha value is -2.86. The molecule has 1 heterocycles. The molecule has 1 amide bonds. The molecule has 0 saturated carbocycles. The second-order valence-electron chi connectivity index (χ2n) is 8.18.